The number of Topliss-reactive ketones (excluding diaryl/α,β-unsaturated/α-hetero) is 1. The van der Waals surface area contributed by atoms with Gasteiger partial charge in [-0.2, -0.15) is 0 Å². The Balaban J connectivity index is 1.49. The fourth-order valence-electron chi connectivity index (χ4n) is 5.81. The molecule has 3 N–H and O–H groups in total. The minimum Gasteiger partial charge on any atom is -0.356 e. The molecule has 1 aromatic carbocycles. The van der Waals surface area contributed by atoms with Crippen LogP contribution in [-0.2, 0) is 30.4 Å². The normalized spacial score (nSPS) is 26.9. The van der Waals surface area contributed by atoms with Gasteiger partial charge in [-0.25, -0.2) is 0 Å². The van der Waals surface area contributed by atoms with Gasteiger partial charge in [0.15, 0.2) is 0 Å². The maximum atomic E-state index is 13.6. The van der Waals surface area contributed by atoms with Crippen LogP contribution in [0.3, 0.4) is 0 Å². The van der Waals surface area contributed by atoms with Crippen molar-refractivity contribution in [3.05, 3.63) is 35.9 Å². The van der Waals surface area contributed by atoms with E-state index < -0.39 is 35.6 Å². The van der Waals surface area contributed by atoms with Crippen molar-refractivity contribution >= 4 is 29.4 Å². The van der Waals surface area contributed by atoms with Crippen LogP contribution in [0.5, 0.6) is 0 Å². The van der Waals surface area contributed by atoms with E-state index in [0.717, 1.165) is 5.56 Å². The van der Waals surface area contributed by atoms with Gasteiger partial charge in [0.25, 0.3) is 5.91 Å². The molecule has 35 heavy (non-hydrogen) atoms. The van der Waals surface area contributed by atoms with Crippen molar-refractivity contribution < 1.29 is 24.0 Å². The van der Waals surface area contributed by atoms with Gasteiger partial charge >= 0.3 is 0 Å². The second-order valence-corrected chi connectivity index (χ2v) is 10.4. The Morgan fingerprint density at radius 1 is 1.17 bits per heavy atom. The number of piperidine rings is 1. The number of hydrogen-bond acceptors (Lipinski definition) is 5. The summed E-state index contributed by atoms with van der Waals surface area (Å²) < 4.78 is 0. The van der Waals surface area contributed by atoms with Crippen LogP contribution < -0.4 is 16.0 Å². The number of likely N-dealkylation sites (tertiary alicyclic amines) is 1. The van der Waals surface area contributed by atoms with E-state index in [2.05, 4.69) is 29.8 Å². The Labute approximate surface area is 205 Å². The molecule has 9 heteroatoms. The van der Waals surface area contributed by atoms with Crippen LogP contribution in [0.15, 0.2) is 30.3 Å². The number of ketones is 1. The Morgan fingerprint density at radius 2 is 1.89 bits per heavy atom. The first kappa shape index (κ1) is 24.9. The van der Waals surface area contributed by atoms with Crippen molar-refractivity contribution in [2.24, 2.45) is 23.2 Å². The zero-order chi connectivity index (χ0) is 25.3. The number of hydrogen-bond donors (Lipinski definition) is 3. The van der Waals surface area contributed by atoms with Gasteiger partial charge in [0.2, 0.25) is 23.5 Å². The largest absolute Gasteiger partial charge is 0.356 e. The minimum absolute atomic E-state index is 0.00583. The Morgan fingerprint density at radius 3 is 2.51 bits per heavy atom. The van der Waals surface area contributed by atoms with E-state index in [-0.39, 0.29) is 41.9 Å². The highest BCUT2D eigenvalue weighted by atomic mass is 16.2. The Bertz CT molecular complexity index is 1020. The van der Waals surface area contributed by atoms with Crippen LogP contribution >= 0.6 is 0 Å². The zero-order valence-corrected chi connectivity index (χ0v) is 20.5. The van der Waals surface area contributed by atoms with Gasteiger partial charge in [-0.1, -0.05) is 44.2 Å². The average molecular weight is 483 g/mol. The second kappa shape index (κ2) is 9.79. The summed E-state index contributed by atoms with van der Waals surface area (Å²) in [5, 5.41) is 7.78. The lowest BCUT2D eigenvalue weighted by Crippen LogP contribution is -2.55. The molecular weight excluding hydrogens is 448 g/mol. The summed E-state index contributed by atoms with van der Waals surface area (Å²) in [5.74, 6) is -2.56. The first-order valence-electron chi connectivity index (χ1n) is 12.3. The number of carbonyl (C=O) groups excluding carboxylic acids is 5. The highest BCUT2D eigenvalue weighted by Crippen LogP contribution is 2.64. The van der Waals surface area contributed by atoms with Gasteiger partial charge in [0, 0.05) is 32.5 Å². The number of rotatable bonds is 9. The van der Waals surface area contributed by atoms with Crippen LogP contribution in [0, 0.1) is 23.2 Å². The molecule has 2 unspecified atom stereocenters. The molecule has 5 atom stereocenters. The van der Waals surface area contributed by atoms with Gasteiger partial charge in [0.1, 0.15) is 6.04 Å². The predicted molar refractivity (Wildman–Crippen MR) is 128 cm³/mol. The first-order valence-corrected chi connectivity index (χ1v) is 12.3. The number of likely N-dealkylation sites (N-methyl/N-ethyl adjacent to an activating group) is 1. The zero-order valence-electron chi connectivity index (χ0n) is 20.5. The van der Waals surface area contributed by atoms with Crippen molar-refractivity contribution in [3.8, 4) is 0 Å². The molecule has 1 aromatic rings. The molecule has 0 spiro atoms. The minimum atomic E-state index is -1.13. The fourth-order valence-corrected chi connectivity index (χ4v) is 5.81. The lowest BCUT2D eigenvalue weighted by atomic mass is 9.94. The molecule has 9 nitrogen and oxygen atoms in total. The number of aryl methyl sites for hydroxylation is 1. The van der Waals surface area contributed by atoms with Crippen molar-refractivity contribution in [2.75, 3.05) is 20.1 Å². The Kier molecular flexibility index (Phi) is 6.96. The molecule has 188 valence electrons. The van der Waals surface area contributed by atoms with Crippen molar-refractivity contribution in [2.45, 2.75) is 51.6 Å². The van der Waals surface area contributed by atoms with Crippen LogP contribution in [0.2, 0.25) is 0 Å². The van der Waals surface area contributed by atoms with Crippen LogP contribution in [0.4, 0.5) is 0 Å². The van der Waals surface area contributed by atoms with Crippen molar-refractivity contribution in [1.29, 1.82) is 0 Å². The van der Waals surface area contributed by atoms with Gasteiger partial charge in [-0.05, 0) is 42.1 Å². The van der Waals surface area contributed by atoms with E-state index in [1.54, 1.807) is 4.90 Å². The summed E-state index contributed by atoms with van der Waals surface area (Å²) in [6.45, 7) is 5.18. The molecule has 1 saturated carbocycles. The SMILES string of the molecule is CNC(=O)C(=O)[C@H](CC1CCNC1=O)NC(=O)[C@@H]1[C@@H]2C(CN1C(=O)CCc1ccccc1)C2(C)C. The maximum Gasteiger partial charge on any atom is 0.289 e. The monoisotopic (exact) mass is 482 g/mol. The Hall–Kier alpha value is -3.23. The van der Waals surface area contributed by atoms with Crippen molar-refractivity contribution in [3.63, 3.8) is 0 Å². The number of nitrogens with one attached hydrogen (secondary N) is 3. The third kappa shape index (κ3) is 4.94. The summed E-state index contributed by atoms with van der Waals surface area (Å²) in [4.78, 5) is 65.3. The molecule has 2 heterocycles. The van der Waals surface area contributed by atoms with Crippen LogP contribution in [0.25, 0.3) is 0 Å². The molecule has 1 aliphatic carbocycles. The lowest BCUT2D eigenvalue weighted by Gasteiger charge is -2.31. The smallest absolute Gasteiger partial charge is 0.289 e. The van der Waals surface area contributed by atoms with E-state index in [1.165, 1.54) is 7.05 Å². The summed E-state index contributed by atoms with van der Waals surface area (Å²) >= 11 is 0. The van der Waals surface area contributed by atoms with Crippen molar-refractivity contribution in [1.82, 2.24) is 20.9 Å². The molecule has 2 aliphatic heterocycles. The predicted octanol–water partition coefficient (Wildman–Crippen LogP) is 0.428. The third-order valence-corrected chi connectivity index (χ3v) is 8.03. The summed E-state index contributed by atoms with van der Waals surface area (Å²) in [7, 11) is 1.35. The number of amides is 4. The number of benzene rings is 1. The molecular formula is C26H34N4O5. The van der Waals surface area contributed by atoms with Crippen LogP contribution in [-0.4, -0.2) is 66.5 Å². The van der Waals surface area contributed by atoms with E-state index in [1.807, 2.05) is 30.3 Å². The number of nitrogens with zero attached hydrogens (tertiary/aromatic N) is 1. The molecule has 0 aromatic heterocycles. The van der Waals surface area contributed by atoms with Gasteiger partial charge < -0.3 is 20.9 Å². The lowest BCUT2D eigenvalue weighted by molar-refractivity contribution is -0.143. The van der Waals surface area contributed by atoms with Gasteiger partial charge in [0.05, 0.1) is 6.04 Å². The quantitative estimate of drug-likeness (QED) is 0.440. The summed E-state index contributed by atoms with van der Waals surface area (Å²) in [5.41, 5.74) is 0.974. The van der Waals surface area contributed by atoms with E-state index in [0.29, 0.717) is 25.9 Å². The fraction of sp³-hybridized carbons (Fsp3) is 0.577. The molecule has 4 rings (SSSR count). The van der Waals surface area contributed by atoms with E-state index in [4.69, 9.17) is 0 Å². The van der Waals surface area contributed by atoms with Gasteiger partial charge in [-0.15, -0.1) is 0 Å². The highest BCUT2D eigenvalue weighted by molar-refractivity contribution is 6.38. The molecule has 0 radical (unpaired) electrons. The third-order valence-electron chi connectivity index (χ3n) is 8.03. The molecule has 3 fully saturated rings. The summed E-state index contributed by atoms with van der Waals surface area (Å²) in [6, 6.07) is 7.89. The van der Waals surface area contributed by atoms with E-state index in [9.17, 15) is 24.0 Å². The molecule has 0 bridgehead atoms. The highest BCUT2D eigenvalue weighted by Gasteiger charge is 2.69. The molecule has 4 amide bonds. The second-order valence-electron chi connectivity index (χ2n) is 10.4. The van der Waals surface area contributed by atoms with Crippen LogP contribution in [0.1, 0.15) is 38.7 Å². The number of fused-ring (bicyclic) bond motifs is 1. The molecule has 3 aliphatic rings. The average Bonchev–Trinajstić information content (AvgIpc) is 3.21. The molecule has 2 saturated heterocycles. The maximum absolute atomic E-state index is 13.6. The first-order chi connectivity index (χ1) is 16.6. The standard InChI is InChI=1S/C26H34N4O5/c1-26(2)17-14-30(19(31)10-9-15-7-5-4-6-8-15)21(20(17)26)24(34)29-18(22(32)25(35)27-3)13-16-11-12-28-23(16)33/h4-8,16-18,20-21H,9-14H2,1-3H3,(H,27,35)(H,28,33)(H,29,34)/t16?,17?,18-,20-,21-/m0/s1. The van der Waals surface area contributed by atoms with Gasteiger partial charge in [-0.3, -0.25) is 24.0 Å². The van der Waals surface area contributed by atoms with E-state index >= 15 is 0 Å². The summed E-state index contributed by atoms with van der Waals surface area (Å²) in [6.07, 6.45) is 1.46. The number of carbonyl (C=O) groups is 5. The topological polar surface area (TPSA) is 125 Å².